The molecule has 4 nitrogen and oxygen atoms in total. The Morgan fingerprint density at radius 1 is 1.35 bits per heavy atom. The Bertz CT molecular complexity index is 225. The lowest BCUT2D eigenvalue weighted by Gasteiger charge is -2.21. The maximum atomic E-state index is 5.39. The number of amidine groups is 1. The molecule has 1 saturated heterocycles. The summed E-state index contributed by atoms with van der Waals surface area (Å²) in [7, 11) is 1.69. The van der Waals surface area contributed by atoms with Crippen molar-refractivity contribution in [3.63, 3.8) is 0 Å². The second-order valence-electron chi connectivity index (χ2n) is 4.18. The number of hydrogen-bond acceptors (Lipinski definition) is 4. The molecule has 17 heavy (non-hydrogen) atoms. The molecular weight excluding hydrogens is 236 g/mol. The van der Waals surface area contributed by atoms with Gasteiger partial charge in [0.25, 0.3) is 0 Å². The van der Waals surface area contributed by atoms with Crippen molar-refractivity contribution >= 4 is 16.9 Å². The average molecular weight is 260 g/mol. The molecule has 1 unspecified atom stereocenters. The fraction of sp³-hybridized carbons (Fsp3) is 0.917. The van der Waals surface area contributed by atoms with Crippen LogP contribution in [0.25, 0.3) is 0 Å². The summed E-state index contributed by atoms with van der Waals surface area (Å²) in [5, 5.41) is 4.52. The number of aliphatic imine (C=N–C) groups is 1. The lowest BCUT2D eigenvalue weighted by atomic mass is 10.3. The van der Waals surface area contributed by atoms with Crippen LogP contribution in [0.4, 0.5) is 0 Å². The van der Waals surface area contributed by atoms with E-state index in [-0.39, 0.29) is 0 Å². The van der Waals surface area contributed by atoms with Crippen molar-refractivity contribution in [1.29, 1.82) is 0 Å². The van der Waals surface area contributed by atoms with Gasteiger partial charge in [-0.15, -0.1) is 0 Å². The zero-order chi connectivity index (χ0) is 12.3. The summed E-state index contributed by atoms with van der Waals surface area (Å²) in [5.74, 6) is 1.19. The number of methoxy groups -OCH3 is 1. The molecule has 100 valence electrons. The molecule has 1 atom stereocenters. The van der Waals surface area contributed by atoms with E-state index in [1.807, 2.05) is 11.8 Å². The highest BCUT2D eigenvalue weighted by Crippen LogP contribution is 2.13. The number of ether oxygens (including phenoxy) is 2. The van der Waals surface area contributed by atoms with Gasteiger partial charge in [0.1, 0.15) is 0 Å². The van der Waals surface area contributed by atoms with Crippen LogP contribution in [-0.4, -0.2) is 50.4 Å². The van der Waals surface area contributed by atoms with E-state index in [0.29, 0.717) is 19.3 Å². The highest BCUT2D eigenvalue weighted by atomic mass is 32.2. The quantitative estimate of drug-likeness (QED) is 0.677. The first-order valence-electron chi connectivity index (χ1n) is 6.33. The SMILES string of the molecule is COCCOCCCCN=C1NC(C)CCS1. The Kier molecular flexibility index (Phi) is 8.48. The van der Waals surface area contributed by atoms with Crippen LogP contribution in [0.1, 0.15) is 26.2 Å². The fourth-order valence-corrected chi connectivity index (χ4v) is 2.62. The molecular formula is C12H24N2O2S. The second-order valence-corrected chi connectivity index (χ2v) is 5.27. The van der Waals surface area contributed by atoms with E-state index in [9.17, 15) is 0 Å². The third-order valence-electron chi connectivity index (χ3n) is 2.54. The predicted molar refractivity (Wildman–Crippen MR) is 73.9 cm³/mol. The van der Waals surface area contributed by atoms with Gasteiger partial charge in [-0.25, -0.2) is 0 Å². The Balaban J connectivity index is 1.94. The minimum atomic E-state index is 0.576. The minimum absolute atomic E-state index is 0.576. The number of hydrogen-bond donors (Lipinski definition) is 1. The summed E-state index contributed by atoms with van der Waals surface area (Å²) in [5.41, 5.74) is 0. The van der Waals surface area contributed by atoms with Gasteiger partial charge in [-0.3, -0.25) is 4.99 Å². The molecule has 1 aliphatic rings. The van der Waals surface area contributed by atoms with Gasteiger partial charge >= 0.3 is 0 Å². The molecule has 1 rings (SSSR count). The van der Waals surface area contributed by atoms with E-state index in [4.69, 9.17) is 9.47 Å². The standard InChI is InChI=1S/C12H24N2O2S/c1-11-5-10-17-12(14-11)13-6-3-4-7-16-9-8-15-2/h11H,3-10H2,1-2H3,(H,13,14). The molecule has 0 bridgehead atoms. The average Bonchev–Trinajstić information content (AvgIpc) is 2.33. The number of nitrogens with zero attached hydrogens (tertiary/aromatic N) is 1. The van der Waals surface area contributed by atoms with Crippen molar-refractivity contribution in [3.8, 4) is 0 Å². The first-order chi connectivity index (χ1) is 8.33. The van der Waals surface area contributed by atoms with Gasteiger partial charge in [0.05, 0.1) is 13.2 Å². The van der Waals surface area contributed by atoms with Crippen LogP contribution in [-0.2, 0) is 9.47 Å². The molecule has 0 saturated carbocycles. The first-order valence-corrected chi connectivity index (χ1v) is 7.32. The van der Waals surface area contributed by atoms with Crippen LogP contribution < -0.4 is 5.32 Å². The van der Waals surface area contributed by atoms with Crippen LogP contribution in [0.2, 0.25) is 0 Å². The summed E-state index contributed by atoms with van der Waals surface area (Å²) in [6, 6.07) is 0.576. The summed E-state index contributed by atoms with van der Waals surface area (Å²) in [6.45, 7) is 5.29. The van der Waals surface area contributed by atoms with Crippen molar-refractivity contribution < 1.29 is 9.47 Å². The van der Waals surface area contributed by atoms with Crippen molar-refractivity contribution in [2.24, 2.45) is 4.99 Å². The summed E-state index contributed by atoms with van der Waals surface area (Å²) in [6.07, 6.45) is 3.39. The zero-order valence-corrected chi connectivity index (χ0v) is 11.7. The van der Waals surface area contributed by atoms with Gasteiger partial charge in [-0.1, -0.05) is 11.8 Å². The molecule has 0 spiro atoms. The zero-order valence-electron chi connectivity index (χ0n) is 10.9. The maximum Gasteiger partial charge on any atom is 0.156 e. The van der Waals surface area contributed by atoms with E-state index in [2.05, 4.69) is 17.2 Å². The second kappa shape index (κ2) is 9.74. The number of nitrogens with one attached hydrogen (secondary N) is 1. The summed E-state index contributed by atoms with van der Waals surface area (Å²) in [4.78, 5) is 4.56. The van der Waals surface area contributed by atoms with Gasteiger partial charge in [0, 0.05) is 32.1 Å². The molecule has 1 N–H and O–H groups in total. The Hall–Kier alpha value is -0.260. The van der Waals surface area contributed by atoms with Crippen LogP contribution in [0.3, 0.4) is 0 Å². The predicted octanol–water partition coefficient (Wildman–Crippen LogP) is 1.90. The number of unbranched alkanes of at least 4 members (excludes halogenated alkanes) is 1. The molecule has 1 fully saturated rings. The molecule has 0 radical (unpaired) electrons. The molecule has 1 heterocycles. The molecule has 0 aromatic carbocycles. The van der Waals surface area contributed by atoms with E-state index in [1.54, 1.807) is 7.11 Å². The van der Waals surface area contributed by atoms with Crippen molar-refractivity contribution in [2.75, 3.05) is 39.2 Å². The van der Waals surface area contributed by atoms with Gasteiger partial charge in [-0.2, -0.15) is 0 Å². The summed E-state index contributed by atoms with van der Waals surface area (Å²) >= 11 is 1.83. The maximum absolute atomic E-state index is 5.39. The lowest BCUT2D eigenvalue weighted by Crippen LogP contribution is -2.35. The van der Waals surface area contributed by atoms with Gasteiger partial charge in [0.15, 0.2) is 5.17 Å². The van der Waals surface area contributed by atoms with E-state index in [1.165, 1.54) is 12.2 Å². The lowest BCUT2D eigenvalue weighted by molar-refractivity contribution is 0.0690. The van der Waals surface area contributed by atoms with Gasteiger partial charge in [0.2, 0.25) is 0 Å². The van der Waals surface area contributed by atoms with Gasteiger partial charge in [-0.05, 0) is 26.2 Å². The van der Waals surface area contributed by atoms with Crippen molar-refractivity contribution in [1.82, 2.24) is 5.32 Å². The Morgan fingerprint density at radius 3 is 3.00 bits per heavy atom. The van der Waals surface area contributed by atoms with Crippen LogP contribution in [0, 0.1) is 0 Å². The monoisotopic (exact) mass is 260 g/mol. The number of rotatable bonds is 8. The van der Waals surface area contributed by atoms with E-state index in [0.717, 1.165) is 31.2 Å². The summed E-state index contributed by atoms with van der Waals surface area (Å²) < 4.78 is 10.3. The topological polar surface area (TPSA) is 42.9 Å². The smallest absolute Gasteiger partial charge is 0.156 e. The van der Waals surface area contributed by atoms with Crippen LogP contribution in [0.5, 0.6) is 0 Å². The molecule has 1 aliphatic heterocycles. The van der Waals surface area contributed by atoms with Crippen molar-refractivity contribution in [2.45, 2.75) is 32.2 Å². The van der Waals surface area contributed by atoms with Gasteiger partial charge < -0.3 is 14.8 Å². The van der Waals surface area contributed by atoms with E-state index >= 15 is 0 Å². The Labute approximate surface area is 109 Å². The molecule has 0 aromatic rings. The third-order valence-corrected chi connectivity index (χ3v) is 3.50. The molecule has 0 aliphatic carbocycles. The Morgan fingerprint density at radius 2 is 2.24 bits per heavy atom. The molecule has 5 heteroatoms. The third kappa shape index (κ3) is 7.63. The normalized spacial score (nSPS) is 22.7. The first kappa shape index (κ1) is 14.8. The van der Waals surface area contributed by atoms with Crippen molar-refractivity contribution in [3.05, 3.63) is 0 Å². The van der Waals surface area contributed by atoms with E-state index < -0.39 is 0 Å². The largest absolute Gasteiger partial charge is 0.382 e. The van der Waals surface area contributed by atoms with Crippen LogP contribution >= 0.6 is 11.8 Å². The highest BCUT2D eigenvalue weighted by molar-refractivity contribution is 8.13. The molecule has 0 aromatic heterocycles. The highest BCUT2D eigenvalue weighted by Gasteiger charge is 2.12. The fourth-order valence-electron chi connectivity index (χ4n) is 1.49. The molecule has 0 amide bonds. The minimum Gasteiger partial charge on any atom is -0.382 e. The number of thioether (sulfide) groups is 1. The van der Waals surface area contributed by atoms with Crippen LogP contribution in [0.15, 0.2) is 4.99 Å².